The van der Waals surface area contributed by atoms with Gasteiger partial charge in [0.05, 0.1) is 11.6 Å². The van der Waals surface area contributed by atoms with Crippen molar-refractivity contribution in [3.05, 3.63) is 28.3 Å². The van der Waals surface area contributed by atoms with E-state index in [1.807, 2.05) is 6.07 Å². The summed E-state index contributed by atoms with van der Waals surface area (Å²) >= 11 is 6.23. The first-order valence-electron chi connectivity index (χ1n) is 5.94. The Morgan fingerprint density at radius 2 is 2.00 bits per heavy atom. The monoisotopic (exact) mass is 237 g/mol. The lowest BCUT2D eigenvalue weighted by molar-refractivity contribution is 0.357. The molecule has 2 N–H and O–H groups in total. The zero-order valence-electron chi connectivity index (χ0n) is 9.26. The highest BCUT2D eigenvalue weighted by Gasteiger charge is 2.33. The standard InChI is InChI=1S/C13H16ClNO/c14-11-8-10(13(15)4-1-2-5-13)7-9-3-6-16-12(9)11/h7-8H,1-6,15H2. The number of ether oxygens (including phenoxy) is 1. The van der Waals surface area contributed by atoms with Crippen LogP contribution in [-0.2, 0) is 12.0 Å². The van der Waals surface area contributed by atoms with Gasteiger partial charge in [-0.25, -0.2) is 0 Å². The summed E-state index contributed by atoms with van der Waals surface area (Å²) in [5, 5.41) is 0.724. The van der Waals surface area contributed by atoms with Crippen LogP contribution in [0.25, 0.3) is 0 Å². The first-order valence-corrected chi connectivity index (χ1v) is 6.31. The molecule has 0 radical (unpaired) electrons. The Hall–Kier alpha value is -0.730. The lowest BCUT2D eigenvalue weighted by Gasteiger charge is -2.25. The van der Waals surface area contributed by atoms with Gasteiger partial charge < -0.3 is 10.5 Å². The van der Waals surface area contributed by atoms with E-state index < -0.39 is 0 Å². The van der Waals surface area contributed by atoms with Crippen LogP contribution in [0.15, 0.2) is 12.1 Å². The molecule has 0 atom stereocenters. The highest BCUT2D eigenvalue weighted by molar-refractivity contribution is 6.32. The second kappa shape index (κ2) is 3.64. The van der Waals surface area contributed by atoms with Crippen molar-refractivity contribution in [1.82, 2.24) is 0 Å². The molecule has 1 aliphatic carbocycles. The smallest absolute Gasteiger partial charge is 0.141 e. The Labute approximate surface area is 101 Å². The maximum absolute atomic E-state index is 6.44. The Morgan fingerprint density at radius 1 is 1.25 bits per heavy atom. The van der Waals surface area contributed by atoms with Gasteiger partial charge in [-0.3, -0.25) is 0 Å². The van der Waals surface area contributed by atoms with E-state index >= 15 is 0 Å². The number of hydrogen-bond donors (Lipinski definition) is 1. The number of hydrogen-bond acceptors (Lipinski definition) is 2. The molecule has 0 spiro atoms. The van der Waals surface area contributed by atoms with E-state index in [0.29, 0.717) is 0 Å². The summed E-state index contributed by atoms with van der Waals surface area (Å²) in [5.41, 5.74) is 8.71. The first kappa shape index (κ1) is 10.4. The van der Waals surface area contributed by atoms with E-state index in [1.54, 1.807) is 0 Å². The fraction of sp³-hybridized carbons (Fsp3) is 0.538. The third-order valence-corrected chi connectivity index (χ3v) is 4.09. The molecule has 1 aliphatic heterocycles. The zero-order valence-corrected chi connectivity index (χ0v) is 10.0. The van der Waals surface area contributed by atoms with Crippen LogP contribution in [0.2, 0.25) is 5.02 Å². The summed E-state index contributed by atoms with van der Waals surface area (Å²) in [5.74, 6) is 0.868. The van der Waals surface area contributed by atoms with E-state index in [4.69, 9.17) is 22.1 Å². The molecule has 1 saturated carbocycles. The Kier molecular flexibility index (Phi) is 2.37. The van der Waals surface area contributed by atoms with Crippen LogP contribution in [0.5, 0.6) is 5.75 Å². The van der Waals surface area contributed by atoms with Gasteiger partial charge in [-0.15, -0.1) is 0 Å². The van der Waals surface area contributed by atoms with E-state index in [1.165, 1.54) is 24.0 Å². The molecule has 1 aromatic rings. The number of nitrogens with two attached hydrogens (primary N) is 1. The van der Waals surface area contributed by atoms with Crippen LogP contribution in [-0.4, -0.2) is 6.61 Å². The minimum Gasteiger partial charge on any atom is -0.491 e. The molecule has 86 valence electrons. The summed E-state index contributed by atoms with van der Waals surface area (Å²) < 4.78 is 5.51. The molecule has 1 fully saturated rings. The lowest BCUT2D eigenvalue weighted by atomic mass is 9.88. The van der Waals surface area contributed by atoms with Crippen LogP contribution in [0.3, 0.4) is 0 Å². The predicted octanol–water partition coefficient (Wildman–Crippen LogP) is 3.00. The fourth-order valence-electron chi connectivity index (χ4n) is 2.84. The average Bonchev–Trinajstić information content (AvgIpc) is 2.86. The molecule has 0 aromatic heterocycles. The highest BCUT2D eigenvalue weighted by atomic mass is 35.5. The number of benzene rings is 1. The topological polar surface area (TPSA) is 35.2 Å². The van der Waals surface area contributed by atoms with Gasteiger partial charge in [-0.2, -0.15) is 0 Å². The first-order chi connectivity index (χ1) is 7.69. The maximum atomic E-state index is 6.44. The molecule has 3 heteroatoms. The van der Waals surface area contributed by atoms with E-state index in [0.717, 1.165) is 36.6 Å². The zero-order chi connectivity index (χ0) is 11.2. The normalized spacial score (nSPS) is 21.9. The number of fused-ring (bicyclic) bond motifs is 1. The third kappa shape index (κ3) is 1.52. The highest BCUT2D eigenvalue weighted by Crippen LogP contribution is 2.42. The Balaban J connectivity index is 2.05. The Morgan fingerprint density at radius 3 is 2.75 bits per heavy atom. The van der Waals surface area contributed by atoms with Crippen LogP contribution in [0, 0.1) is 0 Å². The SMILES string of the molecule is NC1(c2cc(Cl)c3c(c2)CCO3)CCCC1. The molecule has 2 nitrogen and oxygen atoms in total. The largest absolute Gasteiger partial charge is 0.491 e. The quantitative estimate of drug-likeness (QED) is 0.815. The third-order valence-electron chi connectivity index (χ3n) is 3.81. The van der Waals surface area contributed by atoms with Gasteiger partial charge in [0, 0.05) is 12.0 Å². The van der Waals surface area contributed by atoms with Crippen LogP contribution < -0.4 is 10.5 Å². The molecule has 0 bridgehead atoms. The van der Waals surface area contributed by atoms with Gasteiger partial charge in [0.25, 0.3) is 0 Å². The van der Waals surface area contributed by atoms with E-state index in [2.05, 4.69) is 6.07 Å². The van der Waals surface area contributed by atoms with Crippen LogP contribution in [0.4, 0.5) is 0 Å². The summed E-state index contributed by atoms with van der Waals surface area (Å²) in [7, 11) is 0. The molecule has 0 amide bonds. The molecular weight excluding hydrogens is 222 g/mol. The summed E-state index contributed by atoms with van der Waals surface area (Å²) in [4.78, 5) is 0. The molecule has 16 heavy (non-hydrogen) atoms. The molecule has 1 aromatic carbocycles. The van der Waals surface area contributed by atoms with Gasteiger partial charge in [-0.1, -0.05) is 30.5 Å². The van der Waals surface area contributed by atoms with Crippen molar-refractivity contribution in [2.45, 2.75) is 37.6 Å². The fourth-order valence-corrected chi connectivity index (χ4v) is 3.14. The number of halogens is 1. The maximum Gasteiger partial charge on any atom is 0.141 e. The van der Waals surface area contributed by atoms with Crippen molar-refractivity contribution in [3.8, 4) is 5.75 Å². The lowest BCUT2D eigenvalue weighted by Crippen LogP contribution is -2.33. The van der Waals surface area contributed by atoms with Crippen molar-refractivity contribution in [2.24, 2.45) is 5.73 Å². The minimum absolute atomic E-state index is 0.152. The average molecular weight is 238 g/mol. The van der Waals surface area contributed by atoms with Crippen LogP contribution >= 0.6 is 11.6 Å². The molecule has 0 unspecified atom stereocenters. The summed E-state index contributed by atoms with van der Waals surface area (Å²) in [6, 6.07) is 4.19. The van der Waals surface area contributed by atoms with Crippen molar-refractivity contribution in [3.63, 3.8) is 0 Å². The van der Waals surface area contributed by atoms with Crippen molar-refractivity contribution >= 4 is 11.6 Å². The van der Waals surface area contributed by atoms with Gasteiger partial charge in [-0.05, 0) is 30.0 Å². The van der Waals surface area contributed by atoms with E-state index in [9.17, 15) is 0 Å². The molecule has 0 saturated heterocycles. The van der Waals surface area contributed by atoms with Gasteiger partial charge in [0.1, 0.15) is 5.75 Å². The summed E-state index contributed by atoms with van der Waals surface area (Å²) in [6.07, 6.45) is 5.55. The molecule has 2 aliphatic rings. The van der Waals surface area contributed by atoms with Gasteiger partial charge in [0.2, 0.25) is 0 Å². The van der Waals surface area contributed by atoms with Crippen LogP contribution in [0.1, 0.15) is 36.8 Å². The van der Waals surface area contributed by atoms with Gasteiger partial charge in [0.15, 0.2) is 0 Å². The predicted molar refractivity (Wildman–Crippen MR) is 65.0 cm³/mol. The number of rotatable bonds is 1. The van der Waals surface area contributed by atoms with Gasteiger partial charge >= 0.3 is 0 Å². The molecule has 3 rings (SSSR count). The van der Waals surface area contributed by atoms with E-state index in [-0.39, 0.29) is 5.54 Å². The second-order valence-electron chi connectivity index (χ2n) is 4.91. The van der Waals surface area contributed by atoms with Crippen molar-refractivity contribution in [1.29, 1.82) is 0 Å². The molecule has 1 heterocycles. The van der Waals surface area contributed by atoms with Crippen molar-refractivity contribution < 1.29 is 4.74 Å². The molecular formula is C13H16ClNO. The summed E-state index contributed by atoms with van der Waals surface area (Å²) in [6.45, 7) is 0.746. The van der Waals surface area contributed by atoms with Crippen molar-refractivity contribution in [2.75, 3.05) is 6.61 Å². The second-order valence-corrected chi connectivity index (χ2v) is 5.32. The minimum atomic E-state index is -0.152. The Bertz CT molecular complexity index is 424.